The maximum absolute atomic E-state index is 13.2. The molecule has 1 atom stereocenters. The fourth-order valence-electron chi connectivity index (χ4n) is 4.17. The first-order valence-electron chi connectivity index (χ1n) is 9.96. The number of amides is 2. The molecule has 0 unspecified atom stereocenters. The molecular formula is C21H27N5O2. The Labute approximate surface area is 165 Å². The number of fused-ring (bicyclic) bond motifs is 1. The van der Waals surface area contributed by atoms with Crippen LogP contribution in [0.15, 0.2) is 24.3 Å². The van der Waals surface area contributed by atoms with E-state index in [1.165, 1.54) is 0 Å². The molecule has 0 bridgehead atoms. The smallest absolute Gasteiger partial charge is 0.274 e. The average molecular weight is 381 g/mol. The lowest BCUT2D eigenvalue weighted by atomic mass is 9.96. The first-order chi connectivity index (χ1) is 13.5. The number of hydrogen-bond acceptors (Lipinski definition) is 4. The minimum absolute atomic E-state index is 0.0171. The Kier molecular flexibility index (Phi) is 5.17. The van der Waals surface area contributed by atoms with Gasteiger partial charge in [-0.15, -0.1) is 0 Å². The van der Waals surface area contributed by atoms with Gasteiger partial charge in [0.2, 0.25) is 5.91 Å². The predicted octanol–water partition coefficient (Wildman–Crippen LogP) is 1.87. The molecule has 2 aliphatic heterocycles. The summed E-state index contributed by atoms with van der Waals surface area (Å²) in [5.74, 6) is -0.277. The molecule has 7 nitrogen and oxygen atoms in total. The second-order valence-electron chi connectivity index (χ2n) is 7.72. The highest BCUT2D eigenvalue weighted by atomic mass is 16.2. The van der Waals surface area contributed by atoms with Crippen LogP contribution in [0.2, 0.25) is 0 Å². The van der Waals surface area contributed by atoms with Crippen LogP contribution in [0.25, 0.3) is 0 Å². The minimum atomic E-state index is -0.199. The number of aryl methyl sites for hydroxylation is 2. The summed E-state index contributed by atoms with van der Waals surface area (Å²) in [6, 6.07) is 7.75. The summed E-state index contributed by atoms with van der Waals surface area (Å²) >= 11 is 0. The maximum Gasteiger partial charge on any atom is 0.274 e. The number of anilines is 1. The second-order valence-corrected chi connectivity index (χ2v) is 7.72. The molecule has 7 heteroatoms. The van der Waals surface area contributed by atoms with E-state index in [0.717, 1.165) is 48.3 Å². The summed E-state index contributed by atoms with van der Waals surface area (Å²) in [5, 5.41) is 10.9. The largest absolute Gasteiger partial charge is 0.336 e. The topological polar surface area (TPSA) is 79.3 Å². The lowest BCUT2D eigenvalue weighted by molar-refractivity contribution is -0.121. The first kappa shape index (κ1) is 18.7. The van der Waals surface area contributed by atoms with E-state index >= 15 is 0 Å². The van der Waals surface area contributed by atoms with Gasteiger partial charge in [0.05, 0.1) is 5.92 Å². The SMILES string of the molecule is Cc1ccccc1NC(=O)[C@@H]1CCCN(C(=O)c2nn(C)c3c2CNCC3)C1. The molecule has 1 fully saturated rings. The van der Waals surface area contributed by atoms with Gasteiger partial charge >= 0.3 is 0 Å². The maximum atomic E-state index is 13.2. The molecule has 0 aliphatic carbocycles. The molecule has 148 valence electrons. The molecule has 0 saturated carbocycles. The highest BCUT2D eigenvalue weighted by Gasteiger charge is 2.32. The quantitative estimate of drug-likeness (QED) is 0.851. The van der Waals surface area contributed by atoms with Gasteiger partial charge in [0.1, 0.15) is 0 Å². The fraction of sp³-hybridized carbons (Fsp3) is 0.476. The van der Waals surface area contributed by atoms with E-state index in [1.54, 1.807) is 4.90 Å². The summed E-state index contributed by atoms with van der Waals surface area (Å²) in [5.41, 5.74) is 4.54. The zero-order valence-corrected chi connectivity index (χ0v) is 16.5. The number of carbonyl (C=O) groups is 2. The van der Waals surface area contributed by atoms with Gasteiger partial charge in [0, 0.05) is 56.6 Å². The molecular weight excluding hydrogens is 354 g/mol. The summed E-state index contributed by atoms with van der Waals surface area (Å²) in [6.45, 7) is 4.67. The van der Waals surface area contributed by atoms with E-state index in [0.29, 0.717) is 25.3 Å². The second kappa shape index (κ2) is 7.75. The third-order valence-electron chi connectivity index (χ3n) is 5.80. The van der Waals surface area contributed by atoms with Crippen molar-refractivity contribution in [2.75, 3.05) is 25.0 Å². The number of rotatable bonds is 3. The van der Waals surface area contributed by atoms with E-state index in [4.69, 9.17) is 0 Å². The van der Waals surface area contributed by atoms with Gasteiger partial charge in [-0.3, -0.25) is 14.3 Å². The van der Waals surface area contributed by atoms with Crippen molar-refractivity contribution < 1.29 is 9.59 Å². The Hall–Kier alpha value is -2.67. The molecule has 0 spiro atoms. The Bertz CT molecular complexity index is 904. The van der Waals surface area contributed by atoms with Crippen molar-refractivity contribution in [3.05, 3.63) is 46.8 Å². The van der Waals surface area contributed by atoms with Crippen LogP contribution in [0.5, 0.6) is 0 Å². The Balaban J connectivity index is 1.47. The number of benzene rings is 1. The number of nitrogens with zero attached hydrogens (tertiary/aromatic N) is 3. The first-order valence-corrected chi connectivity index (χ1v) is 9.96. The molecule has 2 amide bonds. The molecule has 4 rings (SSSR count). The summed E-state index contributed by atoms with van der Waals surface area (Å²) in [4.78, 5) is 27.7. The molecule has 0 radical (unpaired) electrons. The average Bonchev–Trinajstić information content (AvgIpc) is 3.06. The Morgan fingerprint density at radius 2 is 2.11 bits per heavy atom. The number of carbonyl (C=O) groups excluding carboxylic acids is 2. The summed E-state index contributed by atoms with van der Waals surface area (Å²) in [7, 11) is 1.90. The lowest BCUT2D eigenvalue weighted by Gasteiger charge is -2.32. The molecule has 2 aromatic rings. The van der Waals surface area contributed by atoms with Crippen molar-refractivity contribution in [3.8, 4) is 0 Å². The van der Waals surface area contributed by atoms with Crippen molar-refractivity contribution in [1.29, 1.82) is 0 Å². The van der Waals surface area contributed by atoms with Gasteiger partial charge in [-0.25, -0.2) is 0 Å². The highest BCUT2D eigenvalue weighted by Crippen LogP contribution is 2.24. The third-order valence-corrected chi connectivity index (χ3v) is 5.80. The zero-order valence-electron chi connectivity index (χ0n) is 16.5. The van der Waals surface area contributed by atoms with Crippen molar-refractivity contribution in [1.82, 2.24) is 20.0 Å². The normalized spacial score (nSPS) is 19.2. The van der Waals surface area contributed by atoms with Gasteiger partial charge in [0.25, 0.3) is 5.91 Å². The molecule has 1 aromatic carbocycles. The van der Waals surface area contributed by atoms with Gasteiger partial charge < -0.3 is 15.5 Å². The van der Waals surface area contributed by atoms with Crippen LogP contribution in [0.4, 0.5) is 5.69 Å². The summed E-state index contributed by atoms with van der Waals surface area (Å²) in [6.07, 6.45) is 2.50. The van der Waals surface area contributed by atoms with Gasteiger partial charge in [0.15, 0.2) is 5.69 Å². The minimum Gasteiger partial charge on any atom is -0.336 e. The van der Waals surface area contributed by atoms with Crippen LogP contribution >= 0.6 is 0 Å². The van der Waals surface area contributed by atoms with Crippen molar-refractivity contribution in [2.24, 2.45) is 13.0 Å². The van der Waals surface area contributed by atoms with Crippen LogP contribution in [-0.2, 0) is 24.8 Å². The summed E-state index contributed by atoms with van der Waals surface area (Å²) < 4.78 is 1.83. The Morgan fingerprint density at radius 3 is 2.93 bits per heavy atom. The van der Waals surface area contributed by atoms with Gasteiger partial charge in [-0.05, 0) is 31.4 Å². The van der Waals surface area contributed by atoms with Gasteiger partial charge in [-0.1, -0.05) is 18.2 Å². The molecule has 1 aromatic heterocycles. The lowest BCUT2D eigenvalue weighted by Crippen LogP contribution is -2.44. The van der Waals surface area contributed by atoms with Crippen LogP contribution in [-0.4, -0.2) is 46.1 Å². The highest BCUT2D eigenvalue weighted by molar-refractivity contribution is 5.96. The number of piperidine rings is 1. The monoisotopic (exact) mass is 381 g/mol. The van der Waals surface area contributed by atoms with Crippen LogP contribution < -0.4 is 10.6 Å². The molecule has 2 aliphatic rings. The third kappa shape index (κ3) is 3.54. The van der Waals surface area contributed by atoms with E-state index in [9.17, 15) is 9.59 Å². The molecule has 1 saturated heterocycles. The van der Waals surface area contributed by atoms with Crippen LogP contribution in [0.3, 0.4) is 0 Å². The van der Waals surface area contributed by atoms with Crippen molar-refractivity contribution in [2.45, 2.75) is 32.7 Å². The van der Waals surface area contributed by atoms with E-state index in [2.05, 4.69) is 15.7 Å². The van der Waals surface area contributed by atoms with Gasteiger partial charge in [-0.2, -0.15) is 5.10 Å². The van der Waals surface area contributed by atoms with E-state index in [-0.39, 0.29) is 17.7 Å². The van der Waals surface area contributed by atoms with Crippen LogP contribution in [0, 0.1) is 12.8 Å². The van der Waals surface area contributed by atoms with Crippen molar-refractivity contribution in [3.63, 3.8) is 0 Å². The van der Waals surface area contributed by atoms with E-state index < -0.39 is 0 Å². The number of likely N-dealkylation sites (tertiary alicyclic amines) is 1. The standard InChI is InChI=1S/C21H27N5O2/c1-14-6-3-4-8-17(14)23-20(27)15-7-5-11-26(13-15)21(28)19-16-12-22-10-9-18(16)25(2)24-19/h3-4,6,8,15,22H,5,7,9-13H2,1-2H3,(H,23,27)/t15-/m1/s1. The number of para-hydroxylation sites is 1. The van der Waals surface area contributed by atoms with E-state index in [1.807, 2.05) is 42.9 Å². The number of hydrogen-bond donors (Lipinski definition) is 2. The number of aromatic nitrogens is 2. The predicted molar refractivity (Wildman–Crippen MR) is 107 cm³/mol. The molecule has 3 heterocycles. The fourth-order valence-corrected chi connectivity index (χ4v) is 4.17. The molecule has 28 heavy (non-hydrogen) atoms. The zero-order chi connectivity index (χ0) is 19.7. The van der Waals surface area contributed by atoms with Crippen molar-refractivity contribution >= 4 is 17.5 Å². The molecule has 2 N–H and O–H groups in total. The Morgan fingerprint density at radius 1 is 1.29 bits per heavy atom. The van der Waals surface area contributed by atoms with Crippen LogP contribution in [0.1, 0.15) is 40.2 Å². The number of nitrogens with one attached hydrogen (secondary N) is 2.